The van der Waals surface area contributed by atoms with Crippen LogP contribution in [0.4, 0.5) is 11.4 Å². The molecule has 1 aliphatic rings. The van der Waals surface area contributed by atoms with Gasteiger partial charge >= 0.3 is 0 Å². The van der Waals surface area contributed by atoms with E-state index >= 15 is 0 Å². The predicted molar refractivity (Wildman–Crippen MR) is 102 cm³/mol. The number of hydrogen-bond acceptors (Lipinski definition) is 4. The minimum Gasteiger partial charge on any atom is -0.484 e. The quantitative estimate of drug-likeness (QED) is 0.836. The third-order valence-corrected chi connectivity index (χ3v) is 4.36. The summed E-state index contributed by atoms with van der Waals surface area (Å²) in [5.74, 6) is -0.352. The van der Waals surface area contributed by atoms with Crippen LogP contribution in [0.25, 0.3) is 0 Å². The van der Waals surface area contributed by atoms with Gasteiger partial charge in [-0.15, -0.1) is 0 Å². The Kier molecular flexibility index (Phi) is 5.73. The van der Waals surface area contributed by atoms with Gasteiger partial charge in [0.15, 0.2) is 6.61 Å². The Balaban J connectivity index is 1.62. The standard InChI is InChI=1S/C20H23N3O3/c21-20(25)15-7-6-8-16(13-15)26-14-19(24)22-17-9-2-3-10-18(17)23-11-4-1-5-12-23/h2-3,6-10,13H,1,4-5,11-12,14H2,(H2,21,25)(H,22,24). The number of nitrogens with one attached hydrogen (secondary N) is 1. The van der Waals surface area contributed by atoms with Gasteiger partial charge in [-0.3, -0.25) is 9.59 Å². The molecule has 0 radical (unpaired) electrons. The summed E-state index contributed by atoms with van der Waals surface area (Å²) in [7, 11) is 0. The fourth-order valence-corrected chi connectivity index (χ4v) is 3.06. The van der Waals surface area contributed by atoms with Crippen LogP contribution in [0.3, 0.4) is 0 Å². The summed E-state index contributed by atoms with van der Waals surface area (Å²) in [4.78, 5) is 25.8. The van der Waals surface area contributed by atoms with Gasteiger partial charge in [-0.1, -0.05) is 18.2 Å². The number of primary amides is 1. The molecule has 6 heteroatoms. The van der Waals surface area contributed by atoms with Gasteiger partial charge in [-0.2, -0.15) is 0 Å². The minimum atomic E-state index is -0.532. The largest absolute Gasteiger partial charge is 0.484 e. The van der Waals surface area contributed by atoms with Crippen molar-refractivity contribution in [1.29, 1.82) is 0 Å². The molecule has 0 spiro atoms. The Morgan fingerprint density at radius 1 is 1.04 bits per heavy atom. The van der Waals surface area contributed by atoms with Gasteiger partial charge in [0.1, 0.15) is 5.75 Å². The lowest BCUT2D eigenvalue weighted by molar-refractivity contribution is -0.118. The highest BCUT2D eigenvalue weighted by molar-refractivity contribution is 5.95. The average molecular weight is 353 g/mol. The van der Waals surface area contributed by atoms with Crippen molar-refractivity contribution in [3.63, 3.8) is 0 Å². The predicted octanol–water partition coefficient (Wildman–Crippen LogP) is 2.79. The van der Waals surface area contributed by atoms with E-state index in [-0.39, 0.29) is 12.5 Å². The van der Waals surface area contributed by atoms with Gasteiger partial charge in [-0.05, 0) is 49.6 Å². The summed E-state index contributed by atoms with van der Waals surface area (Å²) >= 11 is 0. The molecule has 0 atom stereocenters. The first-order valence-corrected chi connectivity index (χ1v) is 8.80. The number of carbonyl (C=O) groups is 2. The second-order valence-corrected chi connectivity index (χ2v) is 6.29. The van der Waals surface area contributed by atoms with Gasteiger partial charge in [0, 0.05) is 18.7 Å². The number of rotatable bonds is 6. The van der Waals surface area contributed by atoms with Crippen molar-refractivity contribution in [3.05, 3.63) is 54.1 Å². The van der Waals surface area contributed by atoms with Gasteiger partial charge < -0.3 is 20.7 Å². The molecule has 1 aliphatic heterocycles. The monoisotopic (exact) mass is 353 g/mol. The van der Waals surface area contributed by atoms with E-state index in [2.05, 4.69) is 10.2 Å². The lowest BCUT2D eigenvalue weighted by Crippen LogP contribution is -2.30. The molecule has 1 heterocycles. The van der Waals surface area contributed by atoms with Crippen molar-refractivity contribution in [2.75, 3.05) is 29.9 Å². The molecule has 3 N–H and O–H groups in total. The molecule has 2 aromatic rings. The molecule has 26 heavy (non-hydrogen) atoms. The van der Waals surface area contributed by atoms with Crippen LogP contribution in [0.5, 0.6) is 5.75 Å². The highest BCUT2D eigenvalue weighted by Crippen LogP contribution is 2.28. The SMILES string of the molecule is NC(=O)c1cccc(OCC(=O)Nc2ccccc2N2CCCCC2)c1. The number of anilines is 2. The van der Waals surface area contributed by atoms with Gasteiger partial charge in [0.25, 0.3) is 5.91 Å². The van der Waals surface area contributed by atoms with Crippen LogP contribution in [0.2, 0.25) is 0 Å². The summed E-state index contributed by atoms with van der Waals surface area (Å²) in [6.45, 7) is 1.86. The number of carbonyl (C=O) groups excluding carboxylic acids is 2. The van der Waals surface area contributed by atoms with Crippen LogP contribution in [-0.2, 0) is 4.79 Å². The number of ether oxygens (including phenoxy) is 1. The Hall–Kier alpha value is -3.02. The number of para-hydroxylation sites is 2. The highest BCUT2D eigenvalue weighted by Gasteiger charge is 2.15. The van der Waals surface area contributed by atoms with Crippen molar-refractivity contribution in [3.8, 4) is 5.75 Å². The Labute approximate surface area is 152 Å². The van der Waals surface area contributed by atoms with Crippen molar-refractivity contribution >= 4 is 23.2 Å². The molecule has 0 aromatic heterocycles. The first-order chi connectivity index (χ1) is 12.6. The van der Waals surface area contributed by atoms with E-state index < -0.39 is 5.91 Å². The molecule has 2 aromatic carbocycles. The van der Waals surface area contributed by atoms with Gasteiger partial charge in [0.2, 0.25) is 5.91 Å². The van der Waals surface area contributed by atoms with Crippen LogP contribution >= 0.6 is 0 Å². The van der Waals surface area contributed by atoms with Crippen LogP contribution in [0.15, 0.2) is 48.5 Å². The summed E-state index contributed by atoms with van der Waals surface area (Å²) < 4.78 is 5.48. The van der Waals surface area contributed by atoms with Crippen molar-refractivity contribution in [2.24, 2.45) is 5.73 Å². The van der Waals surface area contributed by atoms with E-state index in [1.54, 1.807) is 18.2 Å². The molecule has 0 aliphatic carbocycles. The highest BCUT2D eigenvalue weighted by atomic mass is 16.5. The summed E-state index contributed by atoms with van der Waals surface area (Å²) in [5.41, 5.74) is 7.42. The Morgan fingerprint density at radius 3 is 2.58 bits per heavy atom. The van der Waals surface area contributed by atoms with E-state index in [0.717, 1.165) is 24.5 Å². The lowest BCUT2D eigenvalue weighted by Gasteiger charge is -2.30. The first kappa shape index (κ1) is 17.8. The molecule has 6 nitrogen and oxygen atoms in total. The smallest absolute Gasteiger partial charge is 0.262 e. The summed E-state index contributed by atoms with van der Waals surface area (Å²) in [6, 6.07) is 14.3. The zero-order valence-electron chi connectivity index (χ0n) is 14.6. The maximum atomic E-state index is 12.3. The number of amides is 2. The third-order valence-electron chi connectivity index (χ3n) is 4.36. The average Bonchev–Trinajstić information content (AvgIpc) is 2.68. The number of piperidine rings is 1. The van der Waals surface area contributed by atoms with Crippen molar-refractivity contribution in [1.82, 2.24) is 0 Å². The molecule has 3 rings (SSSR count). The molecule has 2 amide bonds. The van der Waals surface area contributed by atoms with E-state index in [1.807, 2.05) is 24.3 Å². The van der Waals surface area contributed by atoms with Crippen LogP contribution in [0.1, 0.15) is 29.6 Å². The topological polar surface area (TPSA) is 84.7 Å². The van der Waals surface area contributed by atoms with E-state index in [9.17, 15) is 9.59 Å². The normalized spacial score (nSPS) is 13.9. The van der Waals surface area contributed by atoms with Crippen molar-refractivity contribution in [2.45, 2.75) is 19.3 Å². The maximum Gasteiger partial charge on any atom is 0.262 e. The molecule has 1 fully saturated rings. The van der Waals surface area contributed by atoms with Crippen LogP contribution in [-0.4, -0.2) is 31.5 Å². The summed E-state index contributed by atoms with van der Waals surface area (Å²) in [6.07, 6.45) is 3.59. The van der Waals surface area contributed by atoms with E-state index in [0.29, 0.717) is 11.3 Å². The van der Waals surface area contributed by atoms with Gasteiger partial charge in [0.05, 0.1) is 11.4 Å². The zero-order chi connectivity index (χ0) is 18.4. The maximum absolute atomic E-state index is 12.3. The number of benzene rings is 2. The number of nitrogens with zero attached hydrogens (tertiary/aromatic N) is 1. The number of nitrogens with two attached hydrogens (primary N) is 1. The molecule has 0 saturated carbocycles. The van der Waals surface area contributed by atoms with E-state index in [1.165, 1.54) is 25.3 Å². The van der Waals surface area contributed by atoms with Crippen molar-refractivity contribution < 1.29 is 14.3 Å². The van der Waals surface area contributed by atoms with Gasteiger partial charge in [-0.25, -0.2) is 0 Å². The summed E-state index contributed by atoms with van der Waals surface area (Å²) in [5, 5.41) is 2.92. The number of hydrogen-bond donors (Lipinski definition) is 2. The zero-order valence-corrected chi connectivity index (χ0v) is 14.6. The fourth-order valence-electron chi connectivity index (χ4n) is 3.06. The molecule has 136 valence electrons. The molecule has 1 saturated heterocycles. The Morgan fingerprint density at radius 2 is 1.81 bits per heavy atom. The third kappa shape index (κ3) is 4.53. The van der Waals surface area contributed by atoms with Crippen LogP contribution in [0, 0.1) is 0 Å². The lowest BCUT2D eigenvalue weighted by atomic mass is 10.1. The molecule has 0 bridgehead atoms. The molecular weight excluding hydrogens is 330 g/mol. The second-order valence-electron chi connectivity index (χ2n) is 6.29. The Bertz CT molecular complexity index is 785. The van der Waals surface area contributed by atoms with E-state index in [4.69, 9.17) is 10.5 Å². The molecular formula is C20H23N3O3. The first-order valence-electron chi connectivity index (χ1n) is 8.80. The minimum absolute atomic E-state index is 0.142. The molecule has 0 unspecified atom stereocenters. The second kappa shape index (κ2) is 8.38. The van der Waals surface area contributed by atoms with Crippen LogP contribution < -0.4 is 20.7 Å². The fraction of sp³-hybridized carbons (Fsp3) is 0.300.